The Balaban J connectivity index is 1.76. The normalized spacial score (nSPS) is 19.2. The molecule has 126 valence electrons. The highest BCUT2D eigenvalue weighted by atomic mass is 79.9. The summed E-state index contributed by atoms with van der Waals surface area (Å²) in [5, 5.41) is 27.3. The van der Waals surface area contributed by atoms with E-state index in [1.165, 1.54) is 10.4 Å². The van der Waals surface area contributed by atoms with Crippen LogP contribution in [0.2, 0.25) is 0 Å². The third-order valence-corrected chi connectivity index (χ3v) is 7.04. The number of aromatic hydroxyl groups is 2. The fourth-order valence-electron chi connectivity index (χ4n) is 3.27. The monoisotopic (exact) mass is 472 g/mol. The average molecular weight is 474 g/mol. The van der Waals surface area contributed by atoms with E-state index in [4.69, 9.17) is 0 Å². The minimum Gasteiger partial charge on any atom is -0.506 e. The first-order chi connectivity index (χ1) is 11.5. The molecule has 1 unspecified atom stereocenters. The summed E-state index contributed by atoms with van der Waals surface area (Å²) in [5.41, 5.74) is 2.40. The van der Waals surface area contributed by atoms with Gasteiger partial charge in [-0.25, -0.2) is 0 Å². The third kappa shape index (κ3) is 2.43. The number of benzene rings is 1. The van der Waals surface area contributed by atoms with E-state index in [2.05, 4.69) is 42.5 Å². The zero-order valence-corrected chi connectivity index (χ0v) is 16.4. The van der Waals surface area contributed by atoms with Gasteiger partial charge in [0.05, 0.1) is 10.0 Å². The smallest absolute Gasteiger partial charge is 0.256 e. The molecule has 1 aromatic carbocycles. The van der Waals surface area contributed by atoms with E-state index in [0.29, 0.717) is 10.0 Å². The largest absolute Gasteiger partial charge is 0.506 e. The molecular formula is C16H14Br2N2O3S. The summed E-state index contributed by atoms with van der Waals surface area (Å²) in [7, 11) is 0. The number of amides is 1. The fraction of sp³-hybridized carbons (Fsp3) is 0.312. The van der Waals surface area contributed by atoms with Crippen LogP contribution in [0.5, 0.6) is 11.5 Å². The second kappa shape index (κ2) is 5.93. The zero-order valence-electron chi connectivity index (χ0n) is 12.4. The van der Waals surface area contributed by atoms with Gasteiger partial charge in [0.2, 0.25) is 0 Å². The number of thiophene rings is 1. The van der Waals surface area contributed by atoms with Crippen molar-refractivity contribution in [2.45, 2.75) is 31.8 Å². The van der Waals surface area contributed by atoms with Crippen LogP contribution in [0.4, 0.5) is 5.00 Å². The van der Waals surface area contributed by atoms with Crippen molar-refractivity contribution in [1.29, 1.82) is 0 Å². The number of fused-ring (bicyclic) bond motifs is 3. The number of nitrogens with one attached hydrogen (secondary N) is 2. The number of rotatable bonds is 1. The van der Waals surface area contributed by atoms with E-state index < -0.39 is 6.17 Å². The molecule has 1 aromatic heterocycles. The Bertz CT molecular complexity index is 866. The van der Waals surface area contributed by atoms with E-state index >= 15 is 0 Å². The second-order valence-corrected chi connectivity index (χ2v) is 8.68. The van der Waals surface area contributed by atoms with Crippen molar-refractivity contribution in [3.63, 3.8) is 0 Å². The Kier molecular flexibility index (Phi) is 4.01. The van der Waals surface area contributed by atoms with Crippen LogP contribution in [0.15, 0.2) is 15.0 Å². The first-order valence-corrected chi connectivity index (χ1v) is 9.99. The number of hydrogen-bond donors (Lipinski definition) is 4. The van der Waals surface area contributed by atoms with Crippen molar-refractivity contribution in [2.75, 3.05) is 5.32 Å². The summed E-state index contributed by atoms with van der Waals surface area (Å²) in [6, 6.07) is 1.60. The maximum atomic E-state index is 12.7. The molecule has 0 saturated carbocycles. The first kappa shape index (κ1) is 16.2. The lowest BCUT2D eigenvalue weighted by Crippen LogP contribution is -2.38. The fourth-order valence-corrected chi connectivity index (χ4v) is 5.74. The van der Waals surface area contributed by atoms with Crippen molar-refractivity contribution in [3.8, 4) is 11.5 Å². The van der Waals surface area contributed by atoms with Crippen LogP contribution in [-0.2, 0) is 12.8 Å². The quantitative estimate of drug-likeness (QED) is 0.494. The van der Waals surface area contributed by atoms with Gasteiger partial charge in [0.25, 0.3) is 5.91 Å². The molecule has 0 bridgehead atoms. The van der Waals surface area contributed by atoms with Crippen molar-refractivity contribution in [3.05, 3.63) is 36.6 Å². The molecule has 2 heterocycles. The van der Waals surface area contributed by atoms with Gasteiger partial charge in [-0.3, -0.25) is 4.79 Å². The standard InChI is InChI=1S/C16H14Br2N2O3S/c17-8-5-7(12(21)11(18)13(8)22)14-19-15(23)10-6-3-1-2-4-9(6)24-16(10)20-14/h5,14,20-22H,1-4H2,(H,19,23). The van der Waals surface area contributed by atoms with Gasteiger partial charge in [0.15, 0.2) is 0 Å². The maximum absolute atomic E-state index is 12.7. The Hall–Kier alpha value is -1.25. The van der Waals surface area contributed by atoms with Gasteiger partial charge in [0, 0.05) is 10.4 Å². The number of aryl methyl sites for hydroxylation is 1. The molecule has 0 radical (unpaired) electrons. The number of phenolic OH excluding ortho intramolecular Hbond substituents is 2. The van der Waals surface area contributed by atoms with Gasteiger partial charge >= 0.3 is 0 Å². The molecule has 0 fully saturated rings. The number of phenols is 2. The predicted octanol–water partition coefficient (Wildman–Crippen LogP) is 4.42. The highest BCUT2D eigenvalue weighted by Gasteiger charge is 2.33. The molecular weight excluding hydrogens is 460 g/mol. The molecule has 0 saturated heterocycles. The first-order valence-electron chi connectivity index (χ1n) is 7.59. The lowest BCUT2D eigenvalue weighted by atomic mass is 9.94. The molecule has 1 amide bonds. The van der Waals surface area contributed by atoms with E-state index in [1.807, 2.05) is 0 Å². The number of anilines is 1. The van der Waals surface area contributed by atoms with E-state index in [0.717, 1.165) is 36.2 Å². The van der Waals surface area contributed by atoms with Crippen LogP contribution in [0, 0.1) is 0 Å². The van der Waals surface area contributed by atoms with Gasteiger partial charge in [-0.15, -0.1) is 11.3 Å². The van der Waals surface area contributed by atoms with Crippen LogP contribution in [-0.4, -0.2) is 16.1 Å². The van der Waals surface area contributed by atoms with Gasteiger partial charge in [-0.05, 0) is 69.2 Å². The van der Waals surface area contributed by atoms with Crippen molar-refractivity contribution in [2.24, 2.45) is 0 Å². The molecule has 8 heteroatoms. The second-order valence-electron chi connectivity index (χ2n) is 5.92. The van der Waals surface area contributed by atoms with E-state index in [9.17, 15) is 15.0 Å². The number of hydrogen-bond acceptors (Lipinski definition) is 5. The van der Waals surface area contributed by atoms with Gasteiger partial charge in [-0.1, -0.05) is 0 Å². The molecule has 1 aliphatic heterocycles. The summed E-state index contributed by atoms with van der Waals surface area (Å²) in [4.78, 5) is 13.9. The molecule has 4 N–H and O–H groups in total. The molecule has 2 aliphatic rings. The van der Waals surface area contributed by atoms with Gasteiger partial charge in [0.1, 0.15) is 27.1 Å². The predicted molar refractivity (Wildman–Crippen MR) is 100.0 cm³/mol. The van der Waals surface area contributed by atoms with Crippen molar-refractivity contribution < 1.29 is 15.0 Å². The van der Waals surface area contributed by atoms with Crippen LogP contribution in [0.1, 0.15) is 45.4 Å². The topological polar surface area (TPSA) is 81.6 Å². The molecule has 5 nitrogen and oxygen atoms in total. The highest BCUT2D eigenvalue weighted by molar-refractivity contribution is 9.11. The summed E-state index contributed by atoms with van der Waals surface area (Å²) < 4.78 is 0.633. The summed E-state index contributed by atoms with van der Waals surface area (Å²) in [6.45, 7) is 0. The minimum atomic E-state index is -0.557. The lowest BCUT2D eigenvalue weighted by molar-refractivity contribution is 0.0935. The molecule has 1 aliphatic carbocycles. The Morgan fingerprint density at radius 1 is 1.12 bits per heavy atom. The molecule has 2 aromatic rings. The number of halogens is 2. The molecule has 1 atom stereocenters. The summed E-state index contributed by atoms with van der Waals surface area (Å²) in [5.74, 6) is -0.295. The maximum Gasteiger partial charge on any atom is 0.256 e. The SMILES string of the molecule is O=C1NC(c2cc(Br)c(O)c(Br)c2O)Nc2sc3c(c21)CCCC3. The van der Waals surface area contributed by atoms with Crippen molar-refractivity contribution in [1.82, 2.24) is 5.32 Å². The average Bonchev–Trinajstić information content (AvgIpc) is 2.95. The van der Waals surface area contributed by atoms with Crippen LogP contribution >= 0.6 is 43.2 Å². The number of carbonyl (C=O) groups excluding carboxylic acids is 1. The van der Waals surface area contributed by atoms with Gasteiger partial charge < -0.3 is 20.8 Å². The third-order valence-electron chi connectivity index (χ3n) is 4.46. The number of carbonyl (C=O) groups is 1. The van der Waals surface area contributed by atoms with Crippen LogP contribution in [0.3, 0.4) is 0 Å². The van der Waals surface area contributed by atoms with Crippen molar-refractivity contribution >= 4 is 54.1 Å². The molecule has 24 heavy (non-hydrogen) atoms. The summed E-state index contributed by atoms with van der Waals surface area (Å²) >= 11 is 8.07. The van der Waals surface area contributed by atoms with E-state index in [-0.39, 0.29) is 21.9 Å². The molecule has 4 rings (SSSR count). The van der Waals surface area contributed by atoms with Gasteiger partial charge in [-0.2, -0.15) is 0 Å². The van der Waals surface area contributed by atoms with Crippen LogP contribution in [0.25, 0.3) is 0 Å². The summed E-state index contributed by atoms with van der Waals surface area (Å²) in [6.07, 6.45) is 3.69. The van der Waals surface area contributed by atoms with E-state index in [1.54, 1.807) is 17.4 Å². The Morgan fingerprint density at radius 3 is 2.67 bits per heavy atom. The molecule has 0 spiro atoms. The Labute approximate surface area is 159 Å². The zero-order chi connectivity index (χ0) is 17.0. The minimum absolute atomic E-state index is 0.0781. The lowest BCUT2D eigenvalue weighted by Gasteiger charge is -2.27. The van der Waals surface area contributed by atoms with Crippen LogP contribution < -0.4 is 10.6 Å². The highest BCUT2D eigenvalue weighted by Crippen LogP contribution is 2.46. The Morgan fingerprint density at radius 2 is 1.88 bits per heavy atom.